The van der Waals surface area contributed by atoms with Gasteiger partial charge < -0.3 is 15.0 Å². The third kappa shape index (κ3) is 3.18. The third-order valence-corrected chi connectivity index (χ3v) is 1.91. The van der Waals surface area contributed by atoms with Gasteiger partial charge in [-0.15, -0.1) is 0 Å². The minimum absolute atomic E-state index is 0.0314. The smallest absolute Gasteiger partial charge is 0.336 e. The Hall–Kier alpha value is -2.61. The number of carboxylic acids is 2. The number of rotatable bonds is 3. The number of aldehydes is 1. The van der Waals surface area contributed by atoms with E-state index in [-0.39, 0.29) is 23.1 Å². The molecule has 0 atom stereocenters. The summed E-state index contributed by atoms with van der Waals surface area (Å²) in [5, 5.41) is 17.6. The number of benzene rings is 1. The molecule has 0 aromatic heterocycles. The molecule has 0 radical (unpaired) electrons. The van der Waals surface area contributed by atoms with Crippen LogP contribution in [0.2, 0.25) is 0 Å². The van der Waals surface area contributed by atoms with E-state index in [1.807, 2.05) is 0 Å². The zero-order valence-electron chi connectivity index (χ0n) is 8.64. The van der Waals surface area contributed by atoms with Crippen LogP contribution in [0.25, 0.3) is 0 Å². The highest BCUT2D eigenvalue weighted by molar-refractivity contribution is 5.94. The molecule has 0 fully saturated rings. The lowest BCUT2D eigenvalue weighted by atomic mass is 10.0. The topological polar surface area (TPSA) is 91.7 Å². The highest BCUT2D eigenvalue weighted by Crippen LogP contribution is 2.11. The van der Waals surface area contributed by atoms with Crippen molar-refractivity contribution in [2.45, 2.75) is 6.42 Å². The van der Waals surface area contributed by atoms with Gasteiger partial charge in [-0.05, 0) is 18.2 Å². The van der Waals surface area contributed by atoms with E-state index in [1.54, 1.807) is 0 Å². The van der Waals surface area contributed by atoms with Crippen LogP contribution in [0.5, 0.6) is 0 Å². The summed E-state index contributed by atoms with van der Waals surface area (Å²) in [7, 11) is 0. The van der Waals surface area contributed by atoms with Crippen molar-refractivity contribution in [3.8, 4) is 11.8 Å². The standard InChI is InChI=1S/C12H8O5/c13-6-2-1-3-8-7-9(11(14)15)4-5-10(8)12(16)17/h4-7H,2H2,(H,14,15)(H,16,17). The van der Waals surface area contributed by atoms with Crippen LogP contribution in [0.15, 0.2) is 18.2 Å². The molecule has 0 bridgehead atoms. The van der Waals surface area contributed by atoms with E-state index in [0.717, 1.165) is 0 Å². The number of carbonyl (C=O) groups is 3. The third-order valence-electron chi connectivity index (χ3n) is 1.91. The van der Waals surface area contributed by atoms with Gasteiger partial charge in [-0.1, -0.05) is 11.8 Å². The Kier molecular flexibility index (Phi) is 4.01. The minimum Gasteiger partial charge on any atom is -0.478 e. The second kappa shape index (κ2) is 5.47. The number of hydrogen-bond acceptors (Lipinski definition) is 3. The highest BCUT2D eigenvalue weighted by Gasteiger charge is 2.11. The first-order valence-electron chi connectivity index (χ1n) is 4.59. The molecule has 0 saturated carbocycles. The molecule has 0 spiro atoms. The van der Waals surface area contributed by atoms with Crippen molar-refractivity contribution in [2.24, 2.45) is 0 Å². The van der Waals surface area contributed by atoms with Gasteiger partial charge in [0.2, 0.25) is 0 Å². The van der Waals surface area contributed by atoms with Crippen molar-refractivity contribution in [2.75, 3.05) is 0 Å². The summed E-state index contributed by atoms with van der Waals surface area (Å²) in [6.07, 6.45) is 0.546. The van der Waals surface area contributed by atoms with Crippen LogP contribution < -0.4 is 0 Å². The maximum absolute atomic E-state index is 10.9. The van der Waals surface area contributed by atoms with E-state index < -0.39 is 11.9 Å². The lowest BCUT2D eigenvalue weighted by molar-refractivity contribution is -0.107. The summed E-state index contributed by atoms with van der Waals surface area (Å²) in [5.74, 6) is 2.54. The largest absolute Gasteiger partial charge is 0.478 e. The summed E-state index contributed by atoms with van der Waals surface area (Å²) in [5.41, 5.74) is -0.0574. The van der Waals surface area contributed by atoms with Crippen LogP contribution in [0.3, 0.4) is 0 Å². The fraction of sp³-hybridized carbons (Fsp3) is 0.0833. The van der Waals surface area contributed by atoms with Gasteiger partial charge in [-0.2, -0.15) is 0 Å². The van der Waals surface area contributed by atoms with Gasteiger partial charge in [0.15, 0.2) is 0 Å². The summed E-state index contributed by atoms with van der Waals surface area (Å²) in [4.78, 5) is 31.6. The Morgan fingerprint density at radius 2 is 1.94 bits per heavy atom. The number of carbonyl (C=O) groups excluding carboxylic acids is 1. The van der Waals surface area contributed by atoms with E-state index in [2.05, 4.69) is 11.8 Å². The summed E-state index contributed by atoms with van der Waals surface area (Å²) >= 11 is 0. The fourth-order valence-corrected chi connectivity index (χ4v) is 1.16. The van der Waals surface area contributed by atoms with E-state index in [9.17, 15) is 14.4 Å². The molecule has 86 valence electrons. The first-order chi connectivity index (χ1) is 8.06. The molecule has 0 unspecified atom stereocenters. The molecular formula is C12H8O5. The minimum atomic E-state index is -1.20. The van der Waals surface area contributed by atoms with Crippen molar-refractivity contribution in [3.63, 3.8) is 0 Å². The van der Waals surface area contributed by atoms with Crippen LogP contribution in [-0.2, 0) is 4.79 Å². The molecule has 5 nitrogen and oxygen atoms in total. The Morgan fingerprint density at radius 3 is 2.47 bits per heavy atom. The zero-order valence-corrected chi connectivity index (χ0v) is 8.64. The van der Waals surface area contributed by atoms with E-state index >= 15 is 0 Å². The summed E-state index contributed by atoms with van der Waals surface area (Å²) < 4.78 is 0. The van der Waals surface area contributed by atoms with Crippen molar-refractivity contribution in [3.05, 3.63) is 34.9 Å². The predicted molar refractivity (Wildman–Crippen MR) is 57.9 cm³/mol. The van der Waals surface area contributed by atoms with E-state index in [4.69, 9.17) is 10.2 Å². The first-order valence-corrected chi connectivity index (χ1v) is 4.59. The Morgan fingerprint density at radius 1 is 1.24 bits per heavy atom. The number of aromatic carboxylic acids is 2. The molecule has 0 aliphatic heterocycles. The molecule has 1 aromatic carbocycles. The van der Waals surface area contributed by atoms with Gasteiger partial charge in [-0.3, -0.25) is 0 Å². The van der Waals surface area contributed by atoms with Crippen molar-refractivity contribution in [1.82, 2.24) is 0 Å². The van der Waals surface area contributed by atoms with Gasteiger partial charge in [-0.25, -0.2) is 9.59 Å². The van der Waals surface area contributed by atoms with E-state index in [1.165, 1.54) is 18.2 Å². The van der Waals surface area contributed by atoms with Gasteiger partial charge in [0.1, 0.15) is 6.29 Å². The highest BCUT2D eigenvalue weighted by atomic mass is 16.4. The summed E-state index contributed by atoms with van der Waals surface area (Å²) in [6, 6.07) is 3.54. The second-order valence-electron chi connectivity index (χ2n) is 3.04. The Balaban J connectivity index is 3.26. The van der Waals surface area contributed by atoms with Gasteiger partial charge in [0.05, 0.1) is 17.5 Å². The molecule has 17 heavy (non-hydrogen) atoms. The molecule has 0 saturated heterocycles. The van der Waals surface area contributed by atoms with Crippen LogP contribution in [0.4, 0.5) is 0 Å². The molecule has 0 amide bonds. The molecule has 0 aliphatic carbocycles. The molecule has 0 aliphatic rings. The average Bonchev–Trinajstić information content (AvgIpc) is 2.28. The molecule has 0 heterocycles. The van der Waals surface area contributed by atoms with Crippen LogP contribution >= 0.6 is 0 Å². The summed E-state index contributed by atoms with van der Waals surface area (Å²) in [6.45, 7) is 0. The normalized spacial score (nSPS) is 8.94. The SMILES string of the molecule is O=CCC#Cc1cc(C(=O)O)ccc1C(=O)O. The molecular weight excluding hydrogens is 224 g/mol. The second-order valence-corrected chi connectivity index (χ2v) is 3.04. The molecule has 1 aromatic rings. The van der Waals surface area contributed by atoms with Gasteiger partial charge >= 0.3 is 11.9 Å². The first kappa shape index (κ1) is 12.5. The predicted octanol–water partition coefficient (Wildman–Crippen LogP) is 1.02. The van der Waals surface area contributed by atoms with Gasteiger partial charge in [0.25, 0.3) is 0 Å². The van der Waals surface area contributed by atoms with Crippen LogP contribution in [0.1, 0.15) is 32.7 Å². The lowest BCUT2D eigenvalue weighted by Gasteiger charge is -2.00. The molecule has 1 rings (SSSR count). The average molecular weight is 232 g/mol. The van der Waals surface area contributed by atoms with Crippen molar-refractivity contribution < 1.29 is 24.6 Å². The monoisotopic (exact) mass is 232 g/mol. The maximum Gasteiger partial charge on any atom is 0.336 e. The number of hydrogen-bond donors (Lipinski definition) is 2. The Bertz CT molecular complexity index is 534. The van der Waals surface area contributed by atoms with Crippen LogP contribution in [0, 0.1) is 11.8 Å². The fourth-order valence-electron chi connectivity index (χ4n) is 1.16. The van der Waals surface area contributed by atoms with Crippen molar-refractivity contribution >= 4 is 18.2 Å². The lowest BCUT2D eigenvalue weighted by Crippen LogP contribution is -2.03. The van der Waals surface area contributed by atoms with Crippen LogP contribution in [-0.4, -0.2) is 28.4 Å². The Labute approximate surface area is 96.7 Å². The van der Waals surface area contributed by atoms with Gasteiger partial charge in [0, 0.05) is 5.56 Å². The van der Waals surface area contributed by atoms with E-state index in [0.29, 0.717) is 6.29 Å². The van der Waals surface area contributed by atoms with Crippen molar-refractivity contribution in [1.29, 1.82) is 0 Å². The zero-order chi connectivity index (χ0) is 12.8. The number of carboxylic acid groups (broad SMARTS) is 2. The molecule has 5 heteroatoms. The quantitative estimate of drug-likeness (QED) is 0.599. The maximum atomic E-state index is 10.9. The molecule has 2 N–H and O–H groups in total.